The van der Waals surface area contributed by atoms with E-state index >= 15 is 0 Å². The summed E-state index contributed by atoms with van der Waals surface area (Å²) in [6.07, 6.45) is 3.12. The predicted molar refractivity (Wildman–Crippen MR) is 58.6 cm³/mol. The number of hydrogen-bond donors (Lipinski definition) is 3. The molecule has 1 saturated heterocycles. The molecule has 0 spiro atoms. The Bertz CT molecular complexity index is 423. The van der Waals surface area contributed by atoms with Crippen molar-refractivity contribution < 1.29 is 0 Å². The van der Waals surface area contributed by atoms with Gasteiger partial charge in [0.25, 0.3) is 0 Å². The van der Waals surface area contributed by atoms with Gasteiger partial charge < -0.3 is 10.3 Å². The molecular weight excluding hydrogens is 188 g/mol. The topological polar surface area (TPSA) is 56.5 Å². The second-order valence-corrected chi connectivity index (χ2v) is 3.98. The molecule has 0 aromatic carbocycles. The van der Waals surface area contributed by atoms with Gasteiger partial charge in [-0.05, 0) is 31.2 Å². The van der Waals surface area contributed by atoms with Gasteiger partial charge in [-0.15, -0.1) is 0 Å². The molecular formula is C11H14N4. The summed E-state index contributed by atoms with van der Waals surface area (Å²) in [6, 6.07) is 6.16. The van der Waals surface area contributed by atoms with Crippen LogP contribution in [0.25, 0.3) is 11.4 Å². The predicted octanol–water partition coefficient (Wildman–Crippen LogP) is 1.48. The summed E-state index contributed by atoms with van der Waals surface area (Å²) >= 11 is 0. The Labute approximate surface area is 88.1 Å². The van der Waals surface area contributed by atoms with Crippen LogP contribution in [-0.4, -0.2) is 28.3 Å². The van der Waals surface area contributed by atoms with E-state index in [4.69, 9.17) is 0 Å². The van der Waals surface area contributed by atoms with E-state index in [1.54, 1.807) is 0 Å². The van der Waals surface area contributed by atoms with Crippen LogP contribution in [0.4, 0.5) is 0 Å². The Morgan fingerprint density at radius 2 is 2.40 bits per heavy atom. The first-order valence-corrected chi connectivity index (χ1v) is 5.33. The molecule has 0 amide bonds. The van der Waals surface area contributed by atoms with Crippen molar-refractivity contribution in [2.75, 3.05) is 13.1 Å². The number of aromatic amines is 2. The Morgan fingerprint density at radius 3 is 3.13 bits per heavy atom. The van der Waals surface area contributed by atoms with Crippen LogP contribution >= 0.6 is 0 Å². The Balaban J connectivity index is 1.87. The van der Waals surface area contributed by atoms with E-state index < -0.39 is 0 Å². The lowest BCUT2D eigenvalue weighted by atomic mass is 10.0. The van der Waals surface area contributed by atoms with Crippen molar-refractivity contribution in [2.45, 2.75) is 12.3 Å². The number of aromatic nitrogens is 3. The quantitative estimate of drug-likeness (QED) is 0.691. The van der Waals surface area contributed by atoms with Gasteiger partial charge in [-0.25, -0.2) is 0 Å². The standard InChI is InChI=1S/C11H14N4/c1-2-9(13-4-1)11-6-10(14-15-11)8-3-5-12-7-8/h1-2,4,6,8,12-13H,3,5,7H2,(H,14,15). The van der Waals surface area contributed by atoms with Crippen LogP contribution in [0.5, 0.6) is 0 Å². The monoisotopic (exact) mass is 202 g/mol. The average molecular weight is 202 g/mol. The minimum Gasteiger partial charge on any atom is -0.360 e. The second-order valence-electron chi connectivity index (χ2n) is 3.98. The normalized spacial score (nSPS) is 20.9. The maximum atomic E-state index is 4.32. The van der Waals surface area contributed by atoms with Gasteiger partial charge in [-0.2, -0.15) is 5.10 Å². The lowest BCUT2D eigenvalue weighted by molar-refractivity contribution is 0.729. The molecule has 2 aromatic rings. The van der Waals surface area contributed by atoms with E-state index in [1.807, 2.05) is 18.3 Å². The highest BCUT2D eigenvalue weighted by molar-refractivity contribution is 5.54. The van der Waals surface area contributed by atoms with Crippen LogP contribution in [0.1, 0.15) is 18.0 Å². The number of nitrogens with one attached hydrogen (secondary N) is 3. The van der Waals surface area contributed by atoms with Gasteiger partial charge in [-0.1, -0.05) is 0 Å². The van der Waals surface area contributed by atoms with Crippen LogP contribution < -0.4 is 5.32 Å². The Hall–Kier alpha value is -1.55. The lowest BCUT2D eigenvalue weighted by Gasteiger charge is -2.02. The zero-order valence-electron chi connectivity index (χ0n) is 8.46. The van der Waals surface area contributed by atoms with Crippen molar-refractivity contribution in [1.29, 1.82) is 0 Å². The number of H-pyrrole nitrogens is 2. The third kappa shape index (κ3) is 1.57. The molecule has 1 aliphatic rings. The largest absolute Gasteiger partial charge is 0.360 e. The van der Waals surface area contributed by atoms with Crippen molar-refractivity contribution in [3.05, 3.63) is 30.1 Å². The Morgan fingerprint density at radius 1 is 1.40 bits per heavy atom. The van der Waals surface area contributed by atoms with E-state index in [9.17, 15) is 0 Å². The average Bonchev–Trinajstić information content (AvgIpc) is 3.02. The summed E-state index contributed by atoms with van der Waals surface area (Å²) in [5, 5.41) is 10.8. The van der Waals surface area contributed by atoms with Crippen molar-refractivity contribution in [3.8, 4) is 11.4 Å². The molecule has 1 fully saturated rings. The van der Waals surface area contributed by atoms with E-state index in [0.717, 1.165) is 24.5 Å². The molecule has 15 heavy (non-hydrogen) atoms. The molecule has 0 saturated carbocycles. The summed E-state index contributed by atoms with van der Waals surface area (Å²) in [6.45, 7) is 2.17. The zero-order chi connectivity index (χ0) is 10.1. The number of rotatable bonds is 2. The molecule has 4 heteroatoms. The first kappa shape index (κ1) is 8.73. The van der Waals surface area contributed by atoms with E-state index in [1.165, 1.54) is 12.1 Å². The minimum absolute atomic E-state index is 0.598. The summed E-state index contributed by atoms with van der Waals surface area (Å²) in [5.74, 6) is 0.598. The van der Waals surface area contributed by atoms with Gasteiger partial charge >= 0.3 is 0 Å². The highest BCUT2D eigenvalue weighted by atomic mass is 15.1. The van der Waals surface area contributed by atoms with Gasteiger partial charge in [-0.3, -0.25) is 5.10 Å². The molecule has 0 aliphatic carbocycles. The summed E-state index contributed by atoms with van der Waals surface area (Å²) in [7, 11) is 0. The fourth-order valence-electron chi connectivity index (χ4n) is 2.09. The fourth-order valence-corrected chi connectivity index (χ4v) is 2.09. The van der Waals surface area contributed by atoms with Gasteiger partial charge in [0.15, 0.2) is 0 Å². The third-order valence-electron chi connectivity index (χ3n) is 2.97. The smallest absolute Gasteiger partial charge is 0.109 e. The van der Waals surface area contributed by atoms with Crippen molar-refractivity contribution in [1.82, 2.24) is 20.5 Å². The van der Waals surface area contributed by atoms with Crippen LogP contribution in [0.3, 0.4) is 0 Å². The summed E-state index contributed by atoms with van der Waals surface area (Å²) in [4.78, 5) is 3.16. The zero-order valence-corrected chi connectivity index (χ0v) is 8.46. The van der Waals surface area contributed by atoms with Crippen LogP contribution in [-0.2, 0) is 0 Å². The molecule has 0 radical (unpaired) electrons. The van der Waals surface area contributed by atoms with Gasteiger partial charge in [0.2, 0.25) is 0 Å². The Kier molecular flexibility index (Phi) is 2.07. The van der Waals surface area contributed by atoms with Crippen molar-refractivity contribution in [3.63, 3.8) is 0 Å². The minimum atomic E-state index is 0.598. The van der Waals surface area contributed by atoms with Gasteiger partial charge in [0, 0.05) is 24.4 Å². The van der Waals surface area contributed by atoms with Crippen LogP contribution in [0.15, 0.2) is 24.4 Å². The van der Waals surface area contributed by atoms with E-state index in [2.05, 4.69) is 26.6 Å². The molecule has 78 valence electrons. The molecule has 3 rings (SSSR count). The fraction of sp³-hybridized carbons (Fsp3) is 0.364. The summed E-state index contributed by atoms with van der Waals surface area (Å²) < 4.78 is 0. The SMILES string of the molecule is c1c[nH]c(-c2cc(C3CCNC3)[nH]n2)c1. The molecule has 0 bridgehead atoms. The van der Waals surface area contributed by atoms with Crippen LogP contribution in [0, 0.1) is 0 Å². The molecule has 1 atom stereocenters. The number of nitrogens with zero attached hydrogens (tertiary/aromatic N) is 1. The third-order valence-corrected chi connectivity index (χ3v) is 2.97. The maximum Gasteiger partial charge on any atom is 0.109 e. The summed E-state index contributed by atoms with van der Waals surface area (Å²) in [5.41, 5.74) is 3.31. The van der Waals surface area contributed by atoms with Crippen molar-refractivity contribution >= 4 is 0 Å². The highest BCUT2D eigenvalue weighted by Crippen LogP contribution is 2.24. The van der Waals surface area contributed by atoms with Crippen molar-refractivity contribution in [2.24, 2.45) is 0 Å². The molecule has 2 aromatic heterocycles. The lowest BCUT2D eigenvalue weighted by Crippen LogP contribution is -2.08. The maximum absolute atomic E-state index is 4.32. The molecule has 3 N–H and O–H groups in total. The van der Waals surface area contributed by atoms with Gasteiger partial charge in [0.1, 0.15) is 5.69 Å². The first-order chi connectivity index (χ1) is 7.43. The van der Waals surface area contributed by atoms with E-state index in [-0.39, 0.29) is 0 Å². The molecule has 1 aliphatic heterocycles. The van der Waals surface area contributed by atoms with E-state index in [0.29, 0.717) is 5.92 Å². The second kappa shape index (κ2) is 3.55. The highest BCUT2D eigenvalue weighted by Gasteiger charge is 2.18. The molecule has 4 nitrogen and oxygen atoms in total. The first-order valence-electron chi connectivity index (χ1n) is 5.33. The number of hydrogen-bond acceptors (Lipinski definition) is 2. The van der Waals surface area contributed by atoms with Crippen LogP contribution in [0.2, 0.25) is 0 Å². The van der Waals surface area contributed by atoms with Gasteiger partial charge in [0.05, 0.1) is 5.69 Å². The molecule has 3 heterocycles. The molecule has 1 unspecified atom stereocenters.